The van der Waals surface area contributed by atoms with Crippen LogP contribution in [0, 0.1) is 5.92 Å². The third kappa shape index (κ3) is 3.75. The molecule has 2 rings (SSSR count). The lowest BCUT2D eigenvalue weighted by atomic mass is 9.94. The van der Waals surface area contributed by atoms with Crippen LogP contribution in [0.3, 0.4) is 0 Å². The van der Waals surface area contributed by atoms with Gasteiger partial charge in [-0.3, -0.25) is 0 Å². The number of hydrogen-bond acceptors (Lipinski definition) is 3. The average Bonchev–Trinajstić information content (AvgIpc) is 2.82. The number of thioether (sulfide) groups is 1. The van der Waals surface area contributed by atoms with E-state index in [2.05, 4.69) is 40.6 Å². The van der Waals surface area contributed by atoms with Crippen LogP contribution in [0.25, 0.3) is 0 Å². The Hall–Kier alpha value is -0.480. The second kappa shape index (κ2) is 7.19. The summed E-state index contributed by atoms with van der Waals surface area (Å²) in [4.78, 5) is 4.53. The zero-order valence-electron chi connectivity index (χ0n) is 11.6. The minimum Gasteiger partial charge on any atom is -0.337 e. The van der Waals surface area contributed by atoms with Gasteiger partial charge in [-0.25, -0.2) is 4.98 Å². The van der Waals surface area contributed by atoms with Crippen molar-refractivity contribution in [1.29, 1.82) is 0 Å². The van der Waals surface area contributed by atoms with Gasteiger partial charge in [-0.15, -0.1) is 0 Å². The normalized spacial score (nSPS) is 19.0. The Balaban J connectivity index is 1.98. The molecule has 1 aliphatic heterocycles. The fraction of sp³-hybridized carbons (Fsp3) is 0.786. The maximum atomic E-state index is 4.53. The van der Waals surface area contributed by atoms with Gasteiger partial charge >= 0.3 is 0 Å². The summed E-state index contributed by atoms with van der Waals surface area (Å²) >= 11 is 2.10. The largest absolute Gasteiger partial charge is 0.337 e. The van der Waals surface area contributed by atoms with Crippen LogP contribution in [0.15, 0.2) is 12.4 Å². The molecule has 0 amide bonds. The highest BCUT2D eigenvalue weighted by atomic mass is 32.2. The lowest BCUT2D eigenvalue weighted by Gasteiger charge is -2.26. The van der Waals surface area contributed by atoms with Gasteiger partial charge in [0, 0.05) is 19.4 Å². The van der Waals surface area contributed by atoms with E-state index in [1.807, 2.05) is 12.4 Å². The second-order valence-electron chi connectivity index (χ2n) is 5.19. The molecule has 0 saturated carbocycles. The van der Waals surface area contributed by atoms with Crippen molar-refractivity contribution in [3.8, 4) is 0 Å². The molecule has 102 valence electrons. The summed E-state index contributed by atoms with van der Waals surface area (Å²) < 4.78 is 2.16. The van der Waals surface area contributed by atoms with Crippen molar-refractivity contribution in [2.75, 3.05) is 18.1 Å². The molecule has 1 atom stereocenters. The standard InChI is InChI=1S/C14H25N3S/c1-3-6-15-13(14-16-7-8-17(14)2)11-12-4-9-18-10-5-12/h7-8,12-13,15H,3-6,9-11H2,1-2H3. The van der Waals surface area contributed by atoms with Crippen LogP contribution in [0.5, 0.6) is 0 Å². The highest BCUT2D eigenvalue weighted by Crippen LogP contribution is 2.30. The lowest BCUT2D eigenvalue weighted by Crippen LogP contribution is -2.28. The summed E-state index contributed by atoms with van der Waals surface area (Å²) in [5, 5.41) is 3.67. The van der Waals surface area contributed by atoms with E-state index >= 15 is 0 Å². The van der Waals surface area contributed by atoms with Gasteiger partial charge in [0.25, 0.3) is 0 Å². The molecule has 1 N–H and O–H groups in total. The quantitative estimate of drug-likeness (QED) is 0.859. The molecule has 0 aromatic carbocycles. The highest BCUT2D eigenvalue weighted by Gasteiger charge is 2.22. The first kappa shape index (κ1) is 13.9. The van der Waals surface area contributed by atoms with E-state index in [9.17, 15) is 0 Å². The molecule has 0 bridgehead atoms. The van der Waals surface area contributed by atoms with E-state index in [-0.39, 0.29) is 0 Å². The summed E-state index contributed by atoms with van der Waals surface area (Å²) in [5.74, 6) is 4.75. The molecule has 2 heterocycles. The number of nitrogens with one attached hydrogen (secondary N) is 1. The fourth-order valence-electron chi connectivity index (χ4n) is 2.63. The summed E-state index contributed by atoms with van der Waals surface area (Å²) in [6.45, 7) is 3.30. The number of rotatable bonds is 6. The van der Waals surface area contributed by atoms with Crippen LogP contribution in [-0.2, 0) is 7.05 Å². The van der Waals surface area contributed by atoms with Crippen molar-refractivity contribution in [2.24, 2.45) is 13.0 Å². The van der Waals surface area contributed by atoms with Gasteiger partial charge in [-0.2, -0.15) is 11.8 Å². The van der Waals surface area contributed by atoms with Crippen LogP contribution in [0.4, 0.5) is 0 Å². The zero-order chi connectivity index (χ0) is 12.8. The van der Waals surface area contributed by atoms with E-state index < -0.39 is 0 Å². The van der Waals surface area contributed by atoms with Crippen molar-refractivity contribution < 1.29 is 0 Å². The molecule has 1 aliphatic rings. The van der Waals surface area contributed by atoms with Gasteiger partial charge in [0.2, 0.25) is 0 Å². The minimum atomic E-state index is 0.429. The predicted octanol–water partition coefficient (Wildman–Crippen LogP) is 2.99. The molecule has 1 aromatic heterocycles. The van der Waals surface area contributed by atoms with Gasteiger partial charge in [-0.05, 0) is 49.7 Å². The highest BCUT2D eigenvalue weighted by molar-refractivity contribution is 7.99. The van der Waals surface area contributed by atoms with E-state index in [1.54, 1.807) is 0 Å². The number of nitrogens with zero attached hydrogens (tertiary/aromatic N) is 2. The van der Waals surface area contributed by atoms with Crippen molar-refractivity contribution in [3.63, 3.8) is 0 Å². The molecule has 1 unspecified atom stereocenters. The fourth-order valence-corrected chi connectivity index (χ4v) is 3.83. The predicted molar refractivity (Wildman–Crippen MR) is 78.9 cm³/mol. The van der Waals surface area contributed by atoms with Crippen molar-refractivity contribution in [3.05, 3.63) is 18.2 Å². The summed E-state index contributed by atoms with van der Waals surface area (Å²) in [5.41, 5.74) is 0. The minimum absolute atomic E-state index is 0.429. The van der Waals surface area contributed by atoms with E-state index in [0.717, 1.165) is 12.5 Å². The van der Waals surface area contributed by atoms with Gasteiger partial charge in [0.1, 0.15) is 5.82 Å². The summed E-state index contributed by atoms with van der Waals surface area (Å²) in [7, 11) is 2.10. The monoisotopic (exact) mass is 267 g/mol. The van der Waals surface area contributed by atoms with Crippen molar-refractivity contribution >= 4 is 11.8 Å². The third-order valence-corrected chi connectivity index (χ3v) is 4.77. The number of aromatic nitrogens is 2. The van der Waals surface area contributed by atoms with E-state index in [4.69, 9.17) is 0 Å². The molecule has 1 saturated heterocycles. The molecule has 1 aromatic rings. The van der Waals surface area contributed by atoms with Crippen LogP contribution >= 0.6 is 11.8 Å². The summed E-state index contributed by atoms with van der Waals surface area (Å²) in [6, 6.07) is 0.429. The first-order chi connectivity index (χ1) is 8.81. The van der Waals surface area contributed by atoms with E-state index in [1.165, 1.54) is 43.0 Å². The van der Waals surface area contributed by atoms with Crippen molar-refractivity contribution in [1.82, 2.24) is 14.9 Å². The van der Waals surface area contributed by atoms with Gasteiger partial charge in [0.05, 0.1) is 6.04 Å². The molecule has 18 heavy (non-hydrogen) atoms. The Morgan fingerprint density at radius 2 is 2.28 bits per heavy atom. The Morgan fingerprint density at radius 1 is 1.50 bits per heavy atom. The maximum Gasteiger partial charge on any atom is 0.125 e. The molecule has 0 spiro atoms. The van der Waals surface area contributed by atoms with Gasteiger partial charge in [0.15, 0.2) is 0 Å². The first-order valence-corrected chi connectivity index (χ1v) is 8.25. The molecular weight excluding hydrogens is 242 g/mol. The Bertz CT molecular complexity index is 345. The molecular formula is C14H25N3S. The number of hydrogen-bond donors (Lipinski definition) is 1. The zero-order valence-corrected chi connectivity index (χ0v) is 12.4. The Kier molecular flexibility index (Phi) is 5.57. The molecule has 4 heteroatoms. The van der Waals surface area contributed by atoms with Crippen LogP contribution in [-0.4, -0.2) is 27.6 Å². The number of aryl methyl sites for hydroxylation is 1. The third-order valence-electron chi connectivity index (χ3n) is 3.72. The first-order valence-electron chi connectivity index (χ1n) is 7.09. The van der Waals surface area contributed by atoms with Crippen LogP contribution < -0.4 is 5.32 Å². The van der Waals surface area contributed by atoms with Crippen molar-refractivity contribution in [2.45, 2.75) is 38.6 Å². The average molecular weight is 267 g/mol. The molecule has 0 aliphatic carbocycles. The second-order valence-corrected chi connectivity index (χ2v) is 6.42. The topological polar surface area (TPSA) is 29.9 Å². The lowest BCUT2D eigenvalue weighted by molar-refractivity contribution is 0.356. The molecule has 0 radical (unpaired) electrons. The SMILES string of the molecule is CCCNC(CC1CCSCC1)c1nccn1C. The van der Waals surface area contributed by atoms with Crippen LogP contribution in [0.1, 0.15) is 44.5 Å². The maximum absolute atomic E-state index is 4.53. The Morgan fingerprint density at radius 3 is 2.89 bits per heavy atom. The molecule has 1 fully saturated rings. The molecule has 3 nitrogen and oxygen atoms in total. The Labute approximate surface area is 115 Å². The number of imidazole rings is 1. The smallest absolute Gasteiger partial charge is 0.125 e. The summed E-state index contributed by atoms with van der Waals surface area (Å²) in [6.07, 6.45) is 9.13. The van der Waals surface area contributed by atoms with Gasteiger partial charge < -0.3 is 9.88 Å². The van der Waals surface area contributed by atoms with Crippen LogP contribution in [0.2, 0.25) is 0 Å². The van der Waals surface area contributed by atoms with E-state index in [0.29, 0.717) is 6.04 Å². The van der Waals surface area contributed by atoms with Gasteiger partial charge in [-0.1, -0.05) is 6.92 Å².